The summed E-state index contributed by atoms with van der Waals surface area (Å²) in [5.41, 5.74) is 2.09. The SMILES string of the molecule is Cc1cccc2sc(N(CCCn3ccnc3)C(=O)/C=C/c3cccs3)nc12. The molecule has 3 heterocycles. The second-order valence-corrected chi connectivity index (χ2v) is 8.40. The van der Waals surface area contributed by atoms with Crippen LogP contribution in [0.2, 0.25) is 0 Å². The number of rotatable bonds is 7. The number of fused-ring (bicyclic) bond motifs is 1. The lowest BCUT2D eigenvalue weighted by Crippen LogP contribution is -2.30. The van der Waals surface area contributed by atoms with Gasteiger partial charge in [-0.2, -0.15) is 0 Å². The van der Waals surface area contributed by atoms with Crippen molar-refractivity contribution in [1.82, 2.24) is 14.5 Å². The number of aryl methyl sites for hydroxylation is 2. The lowest BCUT2D eigenvalue weighted by molar-refractivity contribution is -0.114. The van der Waals surface area contributed by atoms with Crippen LogP contribution in [0.3, 0.4) is 0 Å². The summed E-state index contributed by atoms with van der Waals surface area (Å²) in [6, 6.07) is 10.1. The van der Waals surface area contributed by atoms with Crippen LogP contribution < -0.4 is 4.90 Å². The van der Waals surface area contributed by atoms with Crippen molar-refractivity contribution in [2.75, 3.05) is 11.4 Å². The summed E-state index contributed by atoms with van der Waals surface area (Å²) in [6.45, 7) is 3.46. The average Bonchev–Trinajstić information content (AvgIpc) is 3.45. The summed E-state index contributed by atoms with van der Waals surface area (Å²) >= 11 is 3.18. The number of thiophene rings is 1. The van der Waals surface area contributed by atoms with Crippen molar-refractivity contribution in [1.29, 1.82) is 0 Å². The molecule has 1 aromatic carbocycles. The van der Waals surface area contributed by atoms with Crippen LogP contribution in [0.5, 0.6) is 0 Å². The summed E-state index contributed by atoms with van der Waals surface area (Å²) in [5.74, 6) is -0.0456. The largest absolute Gasteiger partial charge is 0.337 e. The Balaban J connectivity index is 1.57. The minimum atomic E-state index is -0.0456. The molecule has 0 bridgehead atoms. The number of hydrogen-bond acceptors (Lipinski definition) is 5. The third-order valence-electron chi connectivity index (χ3n) is 4.40. The molecule has 0 saturated heterocycles. The third kappa shape index (κ3) is 4.21. The van der Waals surface area contributed by atoms with Gasteiger partial charge in [0, 0.05) is 36.4 Å². The van der Waals surface area contributed by atoms with Crippen molar-refractivity contribution in [2.24, 2.45) is 0 Å². The normalized spacial score (nSPS) is 11.5. The molecular weight excluding hydrogens is 388 g/mol. The van der Waals surface area contributed by atoms with Crippen LogP contribution in [0.15, 0.2) is 60.5 Å². The molecule has 4 aromatic rings. The minimum Gasteiger partial charge on any atom is -0.337 e. The van der Waals surface area contributed by atoms with E-state index >= 15 is 0 Å². The number of imidazole rings is 1. The van der Waals surface area contributed by atoms with E-state index in [2.05, 4.69) is 11.1 Å². The molecule has 142 valence electrons. The van der Waals surface area contributed by atoms with E-state index < -0.39 is 0 Å². The van der Waals surface area contributed by atoms with Gasteiger partial charge in [0.1, 0.15) is 0 Å². The van der Waals surface area contributed by atoms with Gasteiger partial charge in [0.05, 0.1) is 16.5 Å². The molecule has 4 rings (SSSR count). The van der Waals surface area contributed by atoms with Gasteiger partial charge in [0.15, 0.2) is 5.13 Å². The molecule has 0 fully saturated rings. The number of anilines is 1. The maximum Gasteiger partial charge on any atom is 0.252 e. The number of para-hydroxylation sites is 1. The molecule has 5 nitrogen and oxygen atoms in total. The van der Waals surface area contributed by atoms with E-state index in [9.17, 15) is 4.79 Å². The molecule has 0 aliphatic carbocycles. The molecule has 0 unspecified atom stereocenters. The highest BCUT2D eigenvalue weighted by Crippen LogP contribution is 2.31. The highest BCUT2D eigenvalue weighted by molar-refractivity contribution is 7.22. The van der Waals surface area contributed by atoms with Crippen molar-refractivity contribution in [3.8, 4) is 0 Å². The topological polar surface area (TPSA) is 51.0 Å². The quantitative estimate of drug-likeness (QED) is 0.404. The summed E-state index contributed by atoms with van der Waals surface area (Å²) < 4.78 is 3.12. The average molecular weight is 409 g/mol. The van der Waals surface area contributed by atoms with E-state index in [1.807, 2.05) is 53.4 Å². The molecule has 3 aromatic heterocycles. The zero-order valence-corrected chi connectivity index (χ0v) is 17.1. The minimum absolute atomic E-state index is 0.0456. The number of thiazole rings is 1. The van der Waals surface area contributed by atoms with Gasteiger partial charge in [0.25, 0.3) is 5.91 Å². The third-order valence-corrected chi connectivity index (χ3v) is 6.28. The van der Waals surface area contributed by atoms with Gasteiger partial charge >= 0.3 is 0 Å². The number of aromatic nitrogens is 3. The maximum absolute atomic E-state index is 13.0. The van der Waals surface area contributed by atoms with Crippen molar-refractivity contribution in [2.45, 2.75) is 19.9 Å². The number of hydrogen-bond donors (Lipinski definition) is 0. The first-order valence-electron chi connectivity index (χ1n) is 9.06. The second-order valence-electron chi connectivity index (χ2n) is 6.41. The summed E-state index contributed by atoms with van der Waals surface area (Å²) in [4.78, 5) is 24.7. The molecule has 7 heteroatoms. The first-order chi connectivity index (χ1) is 13.7. The van der Waals surface area contributed by atoms with Gasteiger partial charge in [-0.05, 0) is 42.5 Å². The Morgan fingerprint density at radius 1 is 1.29 bits per heavy atom. The van der Waals surface area contributed by atoms with Crippen LogP contribution in [0.1, 0.15) is 16.9 Å². The van der Waals surface area contributed by atoms with Gasteiger partial charge in [-0.15, -0.1) is 11.3 Å². The Hall–Kier alpha value is -2.77. The summed E-state index contributed by atoms with van der Waals surface area (Å²) in [5, 5.41) is 2.75. The first kappa shape index (κ1) is 18.6. The van der Waals surface area contributed by atoms with E-state index in [0.717, 1.165) is 38.8 Å². The number of amides is 1. The van der Waals surface area contributed by atoms with Crippen LogP contribution in [0, 0.1) is 6.92 Å². The van der Waals surface area contributed by atoms with Crippen molar-refractivity contribution in [3.63, 3.8) is 0 Å². The fourth-order valence-electron chi connectivity index (χ4n) is 2.95. The van der Waals surface area contributed by atoms with E-state index in [4.69, 9.17) is 4.98 Å². The monoisotopic (exact) mass is 408 g/mol. The molecule has 0 radical (unpaired) electrons. The number of carbonyl (C=O) groups excluding carboxylic acids is 1. The van der Waals surface area contributed by atoms with Crippen LogP contribution in [-0.2, 0) is 11.3 Å². The van der Waals surface area contributed by atoms with Gasteiger partial charge < -0.3 is 4.57 Å². The van der Waals surface area contributed by atoms with E-state index in [0.29, 0.717) is 6.54 Å². The Kier molecular flexibility index (Phi) is 5.64. The predicted octanol–water partition coefficient (Wildman–Crippen LogP) is 5.00. The highest BCUT2D eigenvalue weighted by Gasteiger charge is 2.18. The molecule has 0 spiro atoms. The summed E-state index contributed by atoms with van der Waals surface area (Å²) in [6.07, 6.45) is 9.83. The van der Waals surface area contributed by atoms with Crippen LogP contribution in [0.4, 0.5) is 5.13 Å². The van der Waals surface area contributed by atoms with Crippen LogP contribution in [0.25, 0.3) is 16.3 Å². The fraction of sp³-hybridized carbons (Fsp3) is 0.190. The molecule has 0 N–H and O–H groups in total. The fourth-order valence-corrected chi connectivity index (χ4v) is 4.64. The molecule has 0 atom stereocenters. The maximum atomic E-state index is 13.0. The number of nitrogens with zero attached hydrogens (tertiary/aromatic N) is 4. The lowest BCUT2D eigenvalue weighted by Gasteiger charge is -2.18. The molecular formula is C21H20N4OS2. The van der Waals surface area contributed by atoms with E-state index in [-0.39, 0.29) is 5.91 Å². The molecule has 28 heavy (non-hydrogen) atoms. The Bertz CT molecular complexity index is 1080. The Morgan fingerprint density at radius 3 is 2.96 bits per heavy atom. The molecule has 0 saturated carbocycles. The first-order valence-corrected chi connectivity index (χ1v) is 10.8. The zero-order chi connectivity index (χ0) is 19.3. The van der Waals surface area contributed by atoms with Gasteiger partial charge in [-0.1, -0.05) is 29.5 Å². The van der Waals surface area contributed by atoms with Crippen LogP contribution >= 0.6 is 22.7 Å². The standard InChI is InChI=1S/C21H20N4OS2/c1-16-5-2-7-18-20(16)23-21(28-18)25(12-4-11-24-13-10-22-15-24)19(26)9-8-17-6-3-14-27-17/h2-3,5-10,13-15H,4,11-12H2,1H3/b9-8+. The van der Waals surface area contributed by atoms with Crippen molar-refractivity contribution in [3.05, 3.63) is 70.9 Å². The van der Waals surface area contributed by atoms with E-state index in [1.165, 1.54) is 0 Å². The Labute approximate surface area is 171 Å². The molecule has 1 amide bonds. The van der Waals surface area contributed by atoms with Gasteiger partial charge in [-0.3, -0.25) is 9.69 Å². The van der Waals surface area contributed by atoms with Crippen molar-refractivity contribution < 1.29 is 4.79 Å². The van der Waals surface area contributed by atoms with Crippen molar-refractivity contribution >= 4 is 50.0 Å². The predicted molar refractivity (Wildman–Crippen MR) is 117 cm³/mol. The molecule has 0 aliphatic heterocycles. The van der Waals surface area contributed by atoms with Gasteiger partial charge in [0.2, 0.25) is 0 Å². The smallest absolute Gasteiger partial charge is 0.252 e. The highest BCUT2D eigenvalue weighted by atomic mass is 32.1. The molecule has 0 aliphatic rings. The lowest BCUT2D eigenvalue weighted by atomic mass is 10.2. The second kappa shape index (κ2) is 8.50. The van der Waals surface area contributed by atoms with E-state index in [1.54, 1.807) is 46.2 Å². The van der Waals surface area contributed by atoms with Crippen LogP contribution in [-0.4, -0.2) is 27.0 Å². The Morgan fingerprint density at radius 2 is 2.21 bits per heavy atom. The van der Waals surface area contributed by atoms with Gasteiger partial charge in [-0.25, -0.2) is 9.97 Å². The zero-order valence-electron chi connectivity index (χ0n) is 15.5. The number of carbonyl (C=O) groups is 1. The number of benzene rings is 1. The summed E-state index contributed by atoms with van der Waals surface area (Å²) in [7, 11) is 0.